The Morgan fingerprint density at radius 2 is 2.25 bits per heavy atom. The third kappa shape index (κ3) is 1.52. The number of hydrogen-bond donors (Lipinski definition) is 0. The van der Waals surface area contributed by atoms with Crippen LogP contribution in [0.4, 0.5) is 0 Å². The minimum atomic E-state index is 0.0208. The number of hydrogen-bond acceptors (Lipinski definition) is 3. The maximum absolute atomic E-state index is 12.1. The van der Waals surface area contributed by atoms with E-state index in [4.69, 9.17) is 4.42 Å². The Bertz CT molecular complexity index is 527. The van der Waals surface area contributed by atoms with Gasteiger partial charge < -0.3 is 4.42 Å². The number of aryl methyl sites for hydroxylation is 3. The van der Waals surface area contributed by atoms with Crippen LogP contribution in [-0.4, -0.2) is 5.78 Å². The van der Waals surface area contributed by atoms with E-state index in [0.717, 1.165) is 23.5 Å². The first kappa shape index (κ1) is 9.85. The molecule has 0 aromatic carbocycles. The van der Waals surface area contributed by atoms with Crippen molar-refractivity contribution in [1.29, 1.82) is 0 Å². The van der Waals surface area contributed by atoms with Crippen molar-refractivity contribution in [3.8, 4) is 0 Å². The first-order chi connectivity index (χ1) is 7.74. The highest BCUT2D eigenvalue weighted by Crippen LogP contribution is 2.31. The van der Waals surface area contributed by atoms with Gasteiger partial charge in [0.25, 0.3) is 0 Å². The lowest BCUT2D eigenvalue weighted by atomic mass is 10.2. The molecule has 16 heavy (non-hydrogen) atoms. The first-order valence-corrected chi connectivity index (χ1v) is 6.28. The number of carbonyl (C=O) groups is 1. The smallest absolute Gasteiger partial charge is 0.238 e. The van der Waals surface area contributed by atoms with E-state index < -0.39 is 0 Å². The van der Waals surface area contributed by atoms with Gasteiger partial charge in [0, 0.05) is 4.88 Å². The van der Waals surface area contributed by atoms with E-state index in [9.17, 15) is 4.79 Å². The molecule has 0 bridgehead atoms. The van der Waals surface area contributed by atoms with Crippen LogP contribution >= 0.6 is 11.3 Å². The first-order valence-electron chi connectivity index (χ1n) is 5.47. The molecule has 0 amide bonds. The average Bonchev–Trinajstić information content (AvgIpc) is 2.89. The lowest BCUT2D eigenvalue weighted by molar-refractivity contribution is 0.101. The van der Waals surface area contributed by atoms with E-state index in [-0.39, 0.29) is 5.78 Å². The van der Waals surface area contributed by atoms with Crippen molar-refractivity contribution in [2.45, 2.75) is 26.2 Å². The predicted octanol–water partition coefficient (Wildman–Crippen LogP) is 3.37. The molecule has 0 saturated carbocycles. The Labute approximate surface area is 97.9 Å². The third-order valence-electron chi connectivity index (χ3n) is 2.93. The summed E-state index contributed by atoms with van der Waals surface area (Å²) in [6.07, 6.45) is 3.48. The molecule has 0 saturated heterocycles. The summed E-state index contributed by atoms with van der Waals surface area (Å²) in [5.74, 6) is 1.26. The van der Waals surface area contributed by atoms with Gasteiger partial charge in [-0.3, -0.25) is 4.79 Å². The van der Waals surface area contributed by atoms with Crippen molar-refractivity contribution in [3.05, 3.63) is 45.0 Å². The molecule has 0 unspecified atom stereocenters. The number of fused-ring (bicyclic) bond motifs is 1. The molecule has 0 fully saturated rings. The normalized spacial score (nSPS) is 14.1. The zero-order chi connectivity index (χ0) is 11.1. The Hall–Kier alpha value is -1.35. The van der Waals surface area contributed by atoms with Crippen molar-refractivity contribution in [2.24, 2.45) is 0 Å². The van der Waals surface area contributed by atoms with Crippen LogP contribution in [0.2, 0.25) is 0 Å². The SMILES string of the molecule is Cc1ccc(C(=O)c2cc3c(s2)CCC3)o1. The highest BCUT2D eigenvalue weighted by Gasteiger charge is 2.20. The zero-order valence-corrected chi connectivity index (χ0v) is 9.89. The zero-order valence-electron chi connectivity index (χ0n) is 9.08. The number of ketones is 1. The Morgan fingerprint density at radius 3 is 2.94 bits per heavy atom. The Balaban J connectivity index is 1.95. The average molecular weight is 232 g/mol. The maximum Gasteiger partial charge on any atom is 0.238 e. The highest BCUT2D eigenvalue weighted by molar-refractivity contribution is 7.14. The molecule has 1 aliphatic rings. The fourth-order valence-electron chi connectivity index (χ4n) is 2.12. The van der Waals surface area contributed by atoms with Crippen LogP contribution in [0.15, 0.2) is 22.6 Å². The highest BCUT2D eigenvalue weighted by atomic mass is 32.1. The molecule has 2 heterocycles. The van der Waals surface area contributed by atoms with E-state index in [2.05, 4.69) is 0 Å². The molecule has 1 aliphatic carbocycles. The summed E-state index contributed by atoms with van der Waals surface area (Å²) in [5, 5.41) is 0. The summed E-state index contributed by atoms with van der Waals surface area (Å²) in [6.45, 7) is 1.85. The van der Waals surface area contributed by atoms with E-state index >= 15 is 0 Å². The lowest BCUT2D eigenvalue weighted by Crippen LogP contribution is -1.96. The molecule has 82 valence electrons. The standard InChI is InChI=1S/C13H12O2S/c1-8-5-6-10(15-8)13(14)12-7-9-3-2-4-11(9)16-12/h5-7H,2-4H2,1H3. The fourth-order valence-corrected chi connectivity index (χ4v) is 3.32. The molecular weight excluding hydrogens is 220 g/mol. The number of furan rings is 1. The number of carbonyl (C=O) groups excluding carboxylic acids is 1. The number of thiophene rings is 1. The second-order valence-electron chi connectivity index (χ2n) is 4.15. The second kappa shape index (κ2) is 3.59. The van der Waals surface area contributed by atoms with Gasteiger partial charge in [0.1, 0.15) is 5.76 Å². The largest absolute Gasteiger partial charge is 0.458 e. The second-order valence-corrected chi connectivity index (χ2v) is 5.29. The Kier molecular flexibility index (Phi) is 2.21. The Morgan fingerprint density at radius 1 is 1.38 bits per heavy atom. The third-order valence-corrected chi connectivity index (χ3v) is 4.17. The summed E-state index contributed by atoms with van der Waals surface area (Å²) < 4.78 is 5.36. The van der Waals surface area contributed by atoms with Crippen LogP contribution in [0.5, 0.6) is 0 Å². The van der Waals surface area contributed by atoms with Crippen LogP contribution in [0.3, 0.4) is 0 Å². The minimum absolute atomic E-state index is 0.0208. The summed E-state index contributed by atoms with van der Waals surface area (Å²) in [7, 11) is 0. The monoisotopic (exact) mass is 232 g/mol. The molecular formula is C13H12O2S. The van der Waals surface area contributed by atoms with Gasteiger partial charge in [0.15, 0.2) is 5.76 Å². The summed E-state index contributed by atoms with van der Waals surface area (Å²) in [6, 6.07) is 5.62. The van der Waals surface area contributed by atoms with Crippen molar-refractivity contribution in [3.63, 3.8) is 0 Å². The van der Waals surface area contributed by atoms with Gasteiger partial charge in [0.05, 0.1) is 4.88 Å². The van der Waals surface area contributed by atoms with Crippen LogP contribution in [0.25, 0.3) is 0 Å². The minimum Gasteiger partial charge on any atom is -0.458 e. The van der Waals surface area contributed by atoms with Crippen molar-refractivity contribution < 1.29 is 9.21 Å². The summed E-state index contributed by atoms with van der Waals surface area (Å²) in [5.41, 5.74) is 1.36. The summed E-state index contributed by atoms with van der Waals surface area (Å²) in [4.78, 5) is 14.3. The fraction of sp³-hybridized carbons (Fsp3) is 0.308. The topological polar surface area (TPSA) is 30.2 Å². The van der Waals surface area contributed by atoms with Gasteiger partial charge in [-0.05, 0) is 49.9 Å². The van der Waals surface area contributed by atoms with Crippen LogP contribution in [-0.2, 0) is 12.8 Å². The van der Waals surface area contributed by atoms with Gasteiger partial charge >= 0.3 is 0 Å². The van der Waals surface area contributed by atoms with E-state index in [1.807, 2.05) is 19.1 Å². The molecule has 0 atom stereocenters. The molecule has 2 aromatic rings. The molecule has 2 aromatic heterocycles. The summed E-state index contributed by atoms with van der Waals surface area (Å²) >= 11 is 1.62. The van der Waals surface area contributed by atoms with Gasteiger partial charge in [0.2, 0.25) is 5.78 Å². The quantitative estimate of drug-likeness (QED) is 0.743. The molecule has 3 rings (SSSR count). The van der Waals surface area contributed by atoms with Crippen LogP contribution in [0.1, 0.15) is 38.1 Å². The van der Waals surface area contributed by atoms with E-state index in [1.165, 1.54) is 16.9 Å². The van der Waals surface area contributed by atoms with Crippen LogP contribution in [0, 0.1) is 6.92 Å². The van der Waals surface area contributed by atoms with E-state index in [1.54, 1.807) is 17.4 Å². The predicted molar refractivity (Wildman–Crippen MR) is 63.2 cm³/mol. The van der Waals surface area contributed by atoms with Crippen molar-refractivity contribution >= 4 is 17.1 Å². The van der Waals surface area contributed by atoms with E-state index in [0.29, 0.717) is 5.76 Å². The van der Waals surface area contributed by atoms with Crippen molar-refractivity contribution in [1.82, 2.24) is 0 Å². The van der Waals surface area contributed by atoms with Gasteiger partial charge in [-0.25, -0.2) is 0 Å². The van der Waals surface area contributed by atoms with Gasteiger partial charge in [-0.15, -0.1) is 11.3 Å². The lowest BCUT2D eigenvalue weighted by Gasteiger charge is -1.92. The molecule has 0 radical (unpaired) electrons. The molecule has 3 heteroatoms. The maximum atomic E-state index is 12.1. The number of rotatable bonds is 2. The molecule has 0 spiro atoms. The molecule has 2 nitrogen and oxygen atoms in total. The molecule has 0 aliphatic heterocycles. The van der Waals surface area contributed by atoms with Gasteiger partial charge in [-0.2, -0.15) is 0 Å². The molecule has 0 N–H and O–H groups in total. The van der Waals surface area contributed by atoms with Crippen molar-refractivity contribution in [2.75, 3.05) is 0 Å². The van der Waals surface area contributed by atoms with Crippen LogP contribution < -0.4 is 0 Å². The van der Waals surface area contributed by atoms with Gasteiger partial charge in [-0.1, -0.05) is 0 Å².